The van der Waals surface area contributed by atoms with E-state index in [1.807, 2.05) is 12.3 Å². The van der Waals surface area contributed by atoms with E-state index in [1.54, 1.807) is 37.3 Å². The molecule has 0 N–H and O–H groups in total. The summed E-state index contributed by atoms with van der Waals surface area (Å²) in [5, 5.41) is 4.87. The fourth-order valence-electron chi connectivity index (χ4n) is 2.43. The second kappa shape index (κ2) is 6.35. The molecule has 1 fully saturated rings. The van der Waals surface area contributed by atoms with E-state index in [-0.39, 0.29) is 5.56 Å². The van der Waals surface area contributed by atoms with Crippen LogP contribution in [-0.4, -0.2) is 52.2 Å². The number of hydrogen-bond donors (Lipinski definition) is 0. The molecule has 0 saturated carbocycles. The van der Waals surface area contributed by atoms with Crippen LogP contribution in [0.3, 0.4) is 0 Å². The van der Waals surface area contributed by atoms with Gasteiger partial charge < -0.3 is 9.80 Å². The first-order valence-corrected chi connectivity index (χ1v) is 8.30. The Hall–Kier alpha value is -2.09. The summed E-state index contributed by atoms with van der Waals surface area (Å²) in [6.45, 7) is 3.40. The minimum absolute atomic E-state index is 0.0830. The lowest BCUT2D eigenvalue weighted by atomic mass is 10.3. The van der Waals surface area contributed by atoms with Gasteiger partial charge in [-0.05, 0) is 12.3 Å². The van der Waals surface area contributed by atoms with Crippen LogP contribution in [0.25, 0.3) is 0 Å². The van der Waals surface area contributed by atoms with E-state index in [4.69, 9.17) is 0 Å². The smallest absolute Gasteiger partial charge is 0.268 e. The second-order valence-corrected chi connectivity index (χ2v) is 5.82. The van der Waals surface area contributed by atoms with Crippen LogP contribution in [0.15, 0.2) is 34.5 Å². The summed E-state index contributed by atoms with van der Waals surface area (Å²) in [6.07, 6.45) is 5.51. The SMILES string of the molecule is CSc1nccc(N2CCN(c3cnn(C)c(=O)c3)CC2)n1. The van der Waals surface area contributed by atoms with Crippen molar-refractivity contribution in [2.24, 2.45) is 7.05 Å². The molecule has 0 aromatic carbocycles. The zero-order valence-electron chi connectivity index (χ0n) is 12.6. The molecule has 8 heteroatoms. The molecule has 2 aromatic heterocycles. The van der Waals surface area contributed by atoms with Gasteiger partial charge in [0, 0.05) is 45.5 Å². The van der Waals surface area contributed by atoms with E-state index in [0.717, 1.165) is 42.8 Å². The van der Waals surface area contributed by atoms with Crippen LogP contribution in [0.4, 0.5) is 11.5 Å². The lowest BCUT2D eigenvalue weighted by Crippen LogP contribution is -2.47. The molecule has 0 bridgehead atoms. The Kier molecular flexibility index (Phi) is 4.28. The Morgan fingerprint density at radius 2 is 1.91 bits per heavy atom. The topological polar surface area (TPSA) is 67.2 Å². The highest BCUT2D eigenvalue weighted by atomic mass is 32.2. The van der Waals surface area contributed by atoms with Crippen LogP contribution in [0.5, 0.6) is 0 Å². The summed E-state index contributed by atoms with van der Waals surface area (Å²) < 4.78 is 1.34. The van der Waals surface area contributed by atoms with Gasteiger partial charge in [-0.3, -0.25) is 4.79 Å². The summed E-state index contributed by atoms with van der Waals surface area (Å²) in [7, 11) is 1.66. The van der Waals surface area contributed by atoms with Crippen molar-refractivity contribution in [3.05, 3.63) is 34.9 Å². The van der Waals surface area contributed by atoms with Gasteiger partial charge in [0.1, 0.15) is 5.82 Å². The van der Waals surface area contributed by atoms with Gasteiger partial charge in [-0.25, -0.2) is 14.6 Å². The third kappa shape index (κ3) is 3.06. The van der Waals surface area contributed by atoms with Gasteiger partial charge >= 0.3 is 0 Å². The third-order valence-electron chi connectivity index (χ3n) is 3.72. The average Bonchev–Trinajstić information content (AvgIpc) is 2.57. The highest BCUT2D eigenvalue weighted by molar-refractivity contribution is 7.98. The molecule has 116 valence electrons. The van der Waals surface area contributed by atoms with E-state index in [1.165, 1.54) is 4.68 Å². The number of nitrogens with zero attached hydrogens (tertiary/aromatic N) is 6. The number of hydrogen-bond acceptors (Lipinski definition) is 7. The zero-order chi connectivity index (χ0) is 15.5. The number of aromatic nitrogens is 4. The summed E-state index contributed by atoms with van der Waals surface area (Å²) >= 11 is 1.54. The molecule has 0 radical (unpaired) electrons. The molecule has 2 aromatic rings. The van der Waals surface area contributed by atoms with Crippen molar-refractivity contribution in [1.29, 1.82) is 0 Å². The monoisotopic (exact) mass is 318 g/mol. The molecule has 1 aliphatic rings. The highest BCUT2D eigenvalue weighted by Gasteiger charge is 2.19. The first kappa shape index (κ1) is 14.8. The molecular formula is C14H18N6OS. The van der Waals surface area contributed by atoms with Crippen LogP contribution in [0.2, 0.25) is 0 Å². The van der Waals surface area contributed by atoms with Gasteiger partial charge in [-0.2, -0.15) is 5.10 Å². The molecule has 22 heavy (non-hydrogen) atoms. The van der Waals surface area contributed by atoms with Crippen molar-refractivity contribution >= 4 is 23.3 Å². The minimum Gasteiger partial charge on any atom is -0.367 e. The second-order valence-electron chi connectivity index (χ2n) is 5.05. The van der Waals surface area contributed by atoms with Crippen LogP contribution in [0.1, 0.15) is 0 Å². The highest BCUT2D eigenvalue weighted by Crippen LogP contribution is 2.19. The van der Waals surface area contributed by atoms with Crippen molar-refractivity contribution < 1.29 is 0 Å². The summed E-state index contributed by atoms with van der Waals surface area (Å²) in [5.74, 6) is 0.959. The number of rotatable bonds is 3. The first-order valence-electron chi connectivity index (χ1n) is 7.07. The lowest BCUT2D eigenvalue weighted by molar-refractivity contribution is 0.635. The molecule has 0 amide bonds. The van der Waals surface area contributed by atoms with Crippen molar-refractivity contribution in [3.8, 4) is 0 Å². The van der Waals surface area contributed by atoms with Gasteiger partial charge in [0.05, 0.1) is 11.9 Å². The van der Waals surface area contributed by atoms with Crippen molar-refractivity contribution in [3.63, 3.8) is 0 Å². The Balaban J connectivity index is 1.69. The predicted molar refractivity (Wildman–Crippen MR) is 87.7 cm³/mol. The Labute approximate surface area is 133 Å². The Morgan fingerprint density at radius 3 is 2.59 bits per heavy atom. The van der Waals surface area contributed by atoms with Gasteiger partial charge in [0.2, 0.25) is 0 Å². The first-order chi connectivity index (χ1) is 10.7. The van der Waals surface area contributed by atoms with E-state index < -0.39 is 0 Å². The number of piperazine rings is 1. The standard InChI is InChI=1S/C14H18N6OS/c1-18-13(21)9-11(10-16-18)19-5-7-20(8-6-19)12-3-4-15-14(17-12)22-2/h3-4,9-10H,5-8H2,1-2H3. The largest absolute Gasteiger partial charge is 0.367 e. The zero-order valence-corrected chi connectivity index (χ0v) is 13.5. The van der Waals surface area contributed by atoms with Crippen LogP contribution >= 0.6 is 11.8 Å². The molecule has 1 saturated heterocycles. The maximum absolute atomic E-state index is 11.7. The normalized spacial score (nSPS) is 15.2. The number of anilines is 2. The predicted octanol–water partition coefficient (Wildman–Crippen LogP) is 0.619. The van der Waals surface area contributed by atoms with Gasteiger partial charge in [-0.1, -0.05) is 11.8 Å². The molecule has 0 atom stereocenters. The Bertz CT molecular complexity index is 710. The maximum atomic E-state index is 11.7. The molecule has 0 spiro atoms. The average molecular weight is 318 g/mol. The Morgan fingerprint density at radius 1 is 1.18 bits per heavy atom. The van der Waals surface area contributed by atoms with Gasteiger partial charge in [-0.15, -0.1) is 0 Å². The van der Waals surface area contributed by atoms with E-state index in [0.29, 0.717) is 0 Å². The fourth-order valence-corrected chi connectivity index (χ4v) is 2.78. The van der Waals surface area contributed by atoms with E-state index >= 15 is 0 Å². The molecule has 7 nitrogen and oxygen atoms in total. The quantitative estimate of drug-likeness (QED) is 0.607. The van der Waals surface area contributed by atoms with Gasteiger partial charge in [0.15, 0.2) is 5.16 Å². The summed E-state index contributed by atoms with van der Waals surface area (Å²) in [5.41, 5.74) is 0.801. The molecule has 3 rings (SSSR count). The lowest BCUT2D eigenvalue weighted by Gasteiger charge is -2.36. The minimum atomic E-state index is -0.0830. The van der Waals surface area contributed by atoms with Crippen molar-refractivity contribution in [2.45, 2.75) is 5.16 Å². The summed E-state index contributed by atoms with van der Waals surface area (Å²) in [4.78, 5) is 24.8. The van der Waals surface area contributed by atoms with Crippen molar-refractivity contribution in [2.75, 3.05) is 42.2 Å². The third-order valence-corrected chi connectivity index (χ3v) is 4.29. The summed E-state index contributed by atoms with van der Waals surface area (Å²) in [6, 6.07) is 3.58. The van der Waals surface area contributed by atoms with E-state index in [2.05, 4.69) is 24.9 Å². The number of aryl methyl sites for hydroxylation is 1. The maximum Gasteiger partial charge on any atom is 0.268 e. The molecule has 0 aliphatic carbocycles. The molecule has 1 aliphatic heterocycles. The molecular weight excluding hydrogens is 300 g/mol. The molecule has 3 heterocycles. The van der Waals surface area contributed by atoms with Gasteiger partial charge in [0.25, 0.3) is 5.56 Å². The van der Waals surface area contributed by atoms with Crippen LogP contribution in [0, 0.1) is 0 Å². The van der Waals surface area contributed by atoms with E-state index in [9.17, 15) is 4.79 Å². The molecule has 0 unspecified atom stereocenters. The number of thioether (sulfide) groups is 1. The van der Waals surface area contributed by atoms with Crippen molar-refractivity contribution in [1.82, 2.24) is 19.7 Å². The van der Waals surface area contributed by atoms with Crippen LogP contribution in [-0.2, 0) is 7.05 Å². The fraction of sp³-hybridized carbons (Fsp3) is 0.429. The van der Waals surface area contributed by atoms with Crippen LogP contribution < -0.4 is 15.4 Å².